The van der Waals surface area contributed by atoms with E-state index in [1.165, 1.54) is 22.5 Å². The van der Waals surface area contributed by atoms with E-state index in [-0.39, 0.29) is 28.1 Å². The van der Waals surface area contributed by atoms with Gasteiger partial charge in [0.05, 0.1) is 17.8 Å². The van der Waals surface area contributed by atoms with E-state index in [0.29, 0.717) is 18.7 Å². The van der Waals surface area contributed by atoms with Crippen LogP contribution in [0.5, 0.6) is 5.75 Å². The predicted molar refractivity (Wildman–Crippen MR) is 92.9 cm³/mol. The maximum Gasteiger partial charge on any atom is 0.244 e. The third-order valence-corrected chi connectivity index (χ3v) is 6.18. The molecule has 0 amide bonds. The second kappa shape index (κ2) is 7.00. The van der Waals surface area contributed by atoms with E-state index in [1.54, 1.807) is 12.3 Å². The van der Waals surface area contributed by atoms with Gasteiger partial charge in [0.25, 0.3) is 0 Å². The van der Waals surface area contributed by atoms with Crippen molar-refractivity contribution < 1.29 is 13.2 Å². The van der Waals surface area contributed by atoms with E-state index >= 15 is 0 Å². The minimum absolute atomic E-state index is 0.0688. The first-order valence-electron chi connectivity index (χ1n) is 7.70. The fourth-order valence-electron chi connectivity index (χ4n) is 2.73. The number of aromatic nitrogens is 1. The van der Waals surface area contributed by atoms with Crippen LogP contribution in [-0.4, -0.2) is 36.9 Å². The quantitative estimate of drug-likeness (QED) is 0.818. The summed E-state index contributed by atoms with van der Waals surface area (Å²) >= 11 is 5.92. The summed E-state index contributed by atoms with van der Waals surface area (Å²) < 4.78 is 33.0. The van der Waals surface area contributed by atoms with Crippen LogP contribution in [0.4, 0.5) is 0 Å². The fraction of sp³-hybridized carbons (Fsp3) is 0.294. The molecule has 1 unspecified atom stereocenters. The van der Waals surface area contributed by atoms with E-state index in [2.05, 4.69) is 4.98 Å². The van der Waals surface area contributed by atoms with E-state index in [9.17, 15) is 13.7 Å². The lowest BCUT2D eigenvalue weighted by Gasteiger charge is -2.18. The highest BCUT2D eigenvalue weighted by atomic mass is 35.5. The van der Waals surface area contributed by atoms with Gasteiger partial charge in [0, 0.05) is 17.8 Å². The number of hydrogen-bond donors (Lipinski definition) is 0. The zero-order valence-corrected chi connectivity index (χ0v) is 15.1. The maximum absolute atomic E-state index is 12.9. The Balaban J connectivity index is 1.81. The molecule has 0 saturated carbocycles. The van der Waals surface area contributed by atoms with Gasteiger partial charge in [-0.15, -0.1) is 0 Å². The molecule has 0 spiro atoms. The van der Waals surface area contributed by atoms with Gasteiger partial charge in [-0.2, -0.15) is 9.57 Å². The highest BCUT2D eigenvalue weighted by Crippen LogP contribution is 2.28. The molecule has 0 bridgehead atoms. The first kappa shape index (κ1) is 17.7. The molecule has 1 aromatic heterocycles. The SMILES string of the molecule is Cc1ncccc1OC1CCN(S(=O)(=O)c2cc(Cl)ccc2C#N)C1. The molecule has 0 aliphatic carbocycles. The normalized spacial score (nSPS) is 18.0. The number of nitrogens with zero attached hydrogens (tertiary/aromatic N) is 3. The number of hydrogen-bond acceptors (Lipinski definition) is 5. The van der Waals surface area contributed by atoms with Crippen molar-refractivity contribution >= 4 is 21.6 Å². The number of halogens is 1. The van der Waals surface area contributed by atoms with E-state index in [0.717, 1.165) is 5.69 Å². The van der Waals surface area contributed by atoms with Crippen molar-refractivity contribution in [3.8, 4) is 11.8 Å². The monoisotopic (exact) mass is 377 g/mol. The molecule has 0 radical (unpaired) electrons. The van der Waals surface area contributed by atoms with Crippen LogP contribution in [-0.2, 0) is 10.0 Å². The molecule has 2 aromatic rings. The average molecular weight is 378 g/mol. The van der Waals surface area contributed by atoms with Crippen molar-refractivity contribution in [1.82, 2.24) is 9.29 Å². The van der Waals surface area contributed by atoms with Gasteiger partial charge in [-0.1, -0.05) is 11.6 Å². The number of ether oxygens (including phenoxy) is 1. The molecule has 8 heteroatoms. The maximum atomic E-state index is 12.9. The lowest BCUT2D eigenvalue weighted by Crippen LogP contribution is -2.31. The summed E-state index contributed by atoms with van der Waals surface area (Å²) in [5.74, 6) is 0.646. The molecular formula is C17H16ClN3O3S. The molecule has 1 atom stereocenters. The molecule has 0 N–H and O–H groups in total. The Kier molecular flexibility index (Phi) is 4.95. The summed E-state index contributed by atoms with van der Waals surface area (Å²) in [6.07, 6.45) is 1.98. The zero-order chi connectivity index (χ0) is 18.0. The molecule has 1 aliphatic rings. The Morgan fingerprint density at radius 3 is 2.92 bits per heavy atom. The van der Waals surface area contributed by atoms with Crippen molar-refractivity contribution in [2.24, 2.45) is 0 Å². The summed E-state index contributed by atoms with van der Waals surface area (Å²) in [4.78, 5) is 4.09. The second-order valence-corrected chi connectivity index (χ2v) is 8.07. The molecule has 1 aliphatic heterocycles. The lowest BCUT2D eigenvalue weighted by atomic mass is 10.2. The van der Waals surface area contributed by atoms with Crippen molar-refractivity contribution in [2.45, 2.75) is 24.3 Å². The van der Waals surface area contributed by atoms with Crippen LogP contribution < -0.4 is 4.74 Å². The van der Waals surface area contributed by atoms with Gasteiger partial charge in [0.15, 0.2) is 0 Å². The van der Waals surface area contributed by atoms with Crippen molar-refractivity contribution in [2.75, 3.05) is 13.1 Å². The number of aryl methyl sites for hydroxylation is 1. The van der Waals surface area contributed by atoms with Crippen molar-refractivity contribution in [3.63, 3.8) is 0 Å². The predicted octanol–water partition coefficient (Wildman–Crippen LogP) is 2.76. The van der Waals surface area contributed by atoms with Crippen LogP contribution in [0.2, 0.25) is 5.02 Å². The van der Waals surface area contributed by atoms with Gasteiger partial charge < -0.3 is 4.74 Å². The largest absolute Gasteiger partial charge is 0.487 e. The third-order valence-electron chi connectivity index (χ3n) is 4.04. The van der Waals surface area contributed by atoms with Crippen LogP contribution in [0.25, 0.3) is 0 Å². The van der Waals surface area contributed by atoms with E-state index in [1.807, 2.05) is 19.1 Å². The molecule has 6 nitrogen and oxygen atoms in total. The number of rotatable bonds is 4. The summed E-state index contributed by atoms with van der Waals surface area (Å²) in [5.41, 5.74) is 0.835. The van der Waals surface area contributed by atoms with E-state index in [4.69, 9.17) is 16.3 Å². The van der Waals surface area contributed by atoms with Gasteiger partial charge in [-0.25, -0.2) is 8.42 Å². The van der Waals surface area contributed by atoms with Crippen LogP contribution in [0, 0.1) is 18.3 Å². The molecular weight excluding hydrogens is 362 g/mol. The summed E-state index contributed by atoms with van der Waals surface area (Å²) in [5, 5.41) is 9.46. The topological polar surface area (TPSA) is 83.3 Å². The fourth-order valence-corrected chi connectivity index (χ4v) is 4.62. The van der Waals surface area contributed by atoms with E-state index < -0.39 is 10.0 Å². The van der Waals surface area contributed by atoms with Crippen molar-refractivity contribution in [3.05, 3.63) is 52.8 Å². The molecule has 130 valence electrons. The standard InChI is InChI=1S/C17H16ClN3O3S/c1-12-16(3-2-7-20-12)24-15-6-8-21(11-15)25(22,23)17-9-14(18)5-4-13(17)10-19/h2-5,7,9,15H,6,8,11H2,1H3. The minimum atomic E-state index is -3.81. The Morgan fingerprint density at radius 1 is 1.40 bits per heavy atom. The van der Waals surface area contributed by atoms with Crippen molar-refractivity contribution in [1.29, 1.82) is 5.26 Å². The second-order valence-electron chi connectivity index (χ2n) is 5.73. The van der Waals surface area contributed by atoms with Gasteiger partial charge in [-0.3, -0.25) is 4.98 Å². The summed E-state index contributed by atoms with van der Waals surface area (Å²) in [6, 6.07) is 9.72. The Labute approximate surface area is 151 Å². The third kappa shape index (κ3) is 3.61. The lowest BCUT2D eigenvalue weighted by molar-refractivity contribution is 0.213. The summed E-state index contributed by atoms with van der Waals surface area (Å²) in [6.45, 7) is 2.38. The minimum Gasteiger partial charge on any atom is -0.487 e. The molecule has 1 saturated heterocycles. The number of pyridine rings is 1. The zero-order valence-electron chi connectivity index (χ0n) is 13.5. The Morgan fingerprint density at radius 2 is 2.20 bits per heavy atom. The first-order valence-corrected chi connectivity index (χ1v) is 9.51. The van der Waals surface area contributed by atoms with Gasteiger partial charge in [-0.05, 0) is 43.7 Å². The molecule has 2 heterocycles. The Hall–Kier alpha value is -2.14. The van der Waals surface area contributed by atoms with Gasteiger partial charge in [0.1, 0.15) is 22.8 Å². The molecule has 1 fully saturated rings. The number of sulfonamides is 1. The first-order chi connectivity index (χ1) is 11.9. The summed E-state index contributed by atoms with van der Waals surface area (Å²) in [7, 11) is -3.81. The highest BCUT2D eigenvalue weighted by molar-refractivity contribution is 7.89. The Bertz CT molecular complexity index is 940. The van der Waals surface area contributed by atoms with Crippen LogP contribution in [0.3, 0.4) is 0 Å². The van der Waals surface area contributed by atoms with Crippen LogP contribution in [0.15, 0.2) is 41.4 Å². The molecule has 25 heavy (non-hydrogen) atoms. The smallest absolute Gasteiger partial charge is 0.244 e. The average Bonchev–Trinajstić information content (AvgIpc) is 3.06. The molecule has 3 rings (SSSR count). The van der Waals surface area contributed by atoms with Crippen LogP contribution >= 0.6 is 11.6 Å². The molecule has 1 aromatic carbocycles. The number of benzene rings is 1. The number of nitriles is 1. The van der Waals surface area contributed by atoms with Gasteiger partial charge in [0.2, 0.25) is 10.0 Å². The highest BCUT2D eigenvalue weighted by Gasteiger charge is 2.35. The van der Waals surface area contributed by atoms with Crippen LogP contribution in [0.1, 0.15) is 17.7 Å². The van der Waals surface area contributed by atoms with Gasteiger partial charge >= 0.3 is 0 Å².